The zero-order valence-electron chi connectivity index (χ0n) is 17.2. The largest absolute Gasteiger partial charge is 0.410 e. The van der Waals surface area contributed by atoms with Crippen LogP contribution in [0.3, 0.4) is 0 Å². The number of anilines is 2. The molecule has 0 spiro atoms. The van der Waals surface area contributed by atoms with E-state index in [0.717, 1.165) is 28.8 Å². The van der Waals surface area contributed by atoms with Gasteiger partial charge in [0.05, 0.1) is 16.1 Å². The predicted octanol–water partition coefficient (Wildman–Crippen LogP) is 6.44. The summed E-state index contributed by atoms with van der Waals surface area (Å²) < 4.78 is 42.8. The number of nitrogens with one attached hydrogen (secondary N) is 1. The van der Waals surface area contributed by atoms with E-state index in [4.69, 9.17) is 23.2 Å². The fourth-order valence-electron chi connectivity index (χ4n) is 4.51. The molecule has 0 bridgehead atoms. The first-order valence-electron chi connectivity index (χ1n) is 10.5. The number of aryl methyl sites for hydroxylation is 1. The molecule has 1 aromatic heterocycles. The first-order chi connectivity index (χ1) is 15.7. The number of halogens is 5. The van der Waals surface area contributed by atoms with Gasteiger partial charge in [-0.15, -0.1) is 0 Å². The second kappa shape index (κ2) is 8.25. The lowest BCUT2D eigenvalue weighted by molar-refractivity contribution is -0.173. The quantitative estimate of drug-likeness (QED) is 0.445. The molecule has 0 saturated carbocycles. The second-order valence-electron chi connectivity index (χ2n) is 8.21. The Morgan fingerprint density at radius 2 is 1.88 bits per heavy atom. The molecule has 2 aromatic carbocycles. The molecule has 0 unspecified atom stereocenters. The molecule has 10 heteroatoms. The lowest BCUT2D eigenvalue weighted by atomic mass is 9.97. The van der Waals surface area contributed by atoms with Gasteiger partial charge in [0.1, 0.15) is 5.82 Å². The van der Waals surface area contributed by atoms with Crippen molar-refractivity contribution >= 4 is 40.6 Å². The van der Waals surface area contributed by atoms with Crippen LogP contribution in [0.25, 0.3) is 0 Å². The van der Waals surface area contributed by atoms with Crippen molar-refractivity contribution in [2.45, 2.75) is 37.5 Å². The van der Waals surface area contributed by atoms with Crippen LogP contribution in [0.5, 0.6) is 0 Å². The minimum Gasteiger partial charge on any atom is -0.363 e. The molecule has 2 atom stereocenters. The Morgan fingerprint density at radius 1 is 1.09 bits per heavy atom. The number of hydrogen-bond donors (Lipinski definition) is 1. The third-order valence-corrected chi connectivity index (χ3v) is 6.85. The van der Waals surface area contributed by atoms with Crippen LogP contribution >= 0.6 is 23.2 Å². The molecule has 2 aliphatic heterocycles. The maximum absolute atomic E-state index is 14.0. The molecular formula is C23H19Cl2F3N4O. The molecule has 5 nitrogen and oxygen atoms in total. The van der Waals surface area contributed by atoms with Crippen molar-refractivity contribution in [1.82, 2.24) is 9.78 Å². The summed E-state index contributed by atoms with van der Waals surface area (Å²) in [6.45, 7) is 0.486. The molecule has 1 N–H and O–H groups in total. The van der Waals surface area contributed by atoms with Crippen LogP contribution in [0.1, 0.15) is 46.5 Å². The number of rotatable bonds is 2. The van der Waals surface area contributed by atoms with E-state index in [1.807, 2.05) is 24.3 Å². The number of nitrogens with zero attached hydrogens (tertiary/aromatic N) is 3. The maximum atomic E-state index is 14.0. The van der Waals surface area contributed by atoms with Gasteiger partial charge in [-0.1, -0.05) is 47.5 Å². The van der Waals surface area contributed by atoms with Gasteiger partial charge in [0, 0.05) is 24.7 Å². The Morgan fingerprint density at radius 3 is 2.64 bits per heavy atom. The number of para-hydroxylation sites is 1. The highest BCUT2D eigenvalue weighted by atomic mass is 35.5. The summed E-state index contributed by atoms with van der Waals surface area (Å²) in [4.78, 5) is 14.9. The number of aromatic nitrogens is 2. The van der Waals surface area contributed by atoms with Crippen LogP contribution in [-0.2, 0) is 6.42 Å². The summed E-state index contributed by atoms with van der Waals surface area (Å²) in [7, 11) is 0. The highest BCUT2D eigenvalue weighted by Gasteiger charge is 2.47. The summed E-state index contributed by atoms with van der Waals surface area (Å²) in [5, 5.41) is 7.77. The molecule has 0 radical (unpaired) electrons. The maximum Gasteiger partial charge on any atom is 0.410 e. The summed E-state index contributed by atoms with van der Waals surface area (Å²) in [6, 6.07) is 11.1. The fourth-order valence-corrected chi connectivity index (χ4v) is 4.82. The van der Waals surface area contributed by atoms with Gasteiger partial charge in [-0.05, 0) is 42.2 Å². The van der Waals surface area contributed by atoms with Crippen LogP contribution < -0.4 is 10.2 Å². The average molecular weight is 495 g/mol. The standard InChI is InChI=1S/C23H19Cl2F3N4O/c24-15-8-7-14(10-16(15)25)17-11-20(23(26,27)28)32-21(29-17)12-18(30-32)22(33)31-9-3-5-13-4-1-2-6-19(13)31/h1-2,4,6-8,10,12,17,20,29H,3,5,9,11H2/t17-,20+/m1/s1. The molecule has 0 fully saturated rings. The zero-order chi connectivity index (χ0) is 23.3. The summed E-state index contributed by atoms with van der Waals surface area (Å²) in [5.74, 6) is -0.286. The highest BCUT2D eigenvalue weighted by Crippen LogP contribution is 2.44. The second-order valence-corrected chi connectivity index (χ2v) is 9.03. The number of carbonyl (C=O) groups excluding carboxylic acids is 1. The molecule has 3 aromatic rings. The van der Waals surface area contributed by atoms with Crippen LogP contribution in [0.4, 0.5) is 24.7 Å². The van der Waals surface area contributed by atoms with Gasteiger partial charge >= 0.3 is 6.18 Å². The molecule has 5 rings (SSSR count). The van der Waals surface area contributed by atoms with Crippen molar-refractivity contribution in [2.75, 3.05) is 16.8 Å². The average Bonchev–Trinajstić information content (AvgIpc) is 3.23. The Bertz CT molecular complexity index is 1230. The minimum atomic E-state index is -4.55. The van der Waals surface area contributed by atoms with E-state index in [-0.39, 0.29) is 23.0 Å². The lowest BCUT2D eigenvalue weighted by Crippen LogP contribution is -2.37. The molecule has 0 aliphatic carbocycles. The van der Waals surface area contributed by atoms with Crippen LogP contribution in [0.2, 0.25) is 10.0 Å². The van der Waals surface area contributed by atoms with Gasteiger partial charge in [-0.2, -0.15) is 18.3 Å². The van der Waals surface area contributed by atoms with Gasteiger partial charge in [0.2, 0.25) is 0 Å². The number of carbonyl (C=O) groups is 1. The SMILES string of the molecule is O=C(c1cc2n(n1)[C@H](C(F)(F)F)C[C@H](c1ccc(Cl)c(Cl)c1)N2)N1CCCc2ccccc21. The fraction of sp³-hybridized carbons (Fsp3) is 0.304. The van der Waals surface area contributed by atoms with Crippen LogP contribution in [-0.4, -0.2) is 28.4 Å². The molecular weight excluding hydrogens is 476 g/mol. The molecule has 3 heterocycles. The Kier molecular flexibility index (Phi) is 5.53. The van der Waals surface area contributed by atoms with Crippen LogP contribution in [0.15, 0.2) is 48.5 Å². The Labute approximate surface area is 198 Å². The Balaban J connectivity index is 1.50. The first kappa shape index (κ1) is 22.1. The summed E-state index contributed by atoms with van der Waals surface area (Å²) in [6.07, 6.45) is -3.21. The number of alkyl halides is 3. The summed E-state index contributed by atoms with van der Waals surface area (Å²) >= 11 is 12.0. The molecule has 2 aliphatic rings. The van der Waals surface area contributed by atoms with Gasteiger partial charge in [0.15, 0.2) is 11.7 Å². The molecule has 33 heavy (non-hydrogen) atoms. The van der Waals surface area contributed by atoms with Crippen molar-refractivity contribution in [2.24, 2.45) is 0 Å². The van der Waals surface area contributed by atoms with E-state index >= 15 is 0 Å². The number of hydrogen-bond acceptors (Lipinski definition) is 3. The highest BCUT2D eigenvalue weighted by molar-refractivity contribution is 6.42. The van der Waals surface area contributed by atoms with E-state index in [0.29, 0.717) is 17.1 Å². The topological polar surface area (TPSA) is 50.2 Å². The van der Waals surface area contributed by atoms with E-state index < -0.39 is 24.2 Å². The Hall–Kier alpha value is -2.71. The molecule has 172 valence electrons. The van der Waals surface area contributed by atoms with Gasteiger partial charge in [0.25, 0.3) is 5.91 Å². The number of amides is 1. The van der Waals surface area contributed by atoms with Crippen molar-refractivity contribution < 1.29 is 18.0 Å². The van der Waals surface area contributed by atoms with Gasteiger partial charge < -0.3 is 10.2 Å². The van der Waals surface area contributed by atoms with Crippen molar-refractivity contribution in [1.29, 1.82) is 0 Å². The first-order valence-corrected chi connectivity index (χ1v) is 11.3. The third kappa shape index (κ3) is 4.06. The molecule has 0 saturated heterocycles. The van der Waals surface area contributed by atoms with E-state index in [9.17, 15) is 18.0 Å². The predicted molar refractivity (Wildman–Crippen MR) is 121 cm³/mol. The van der Waals surface area contributed by atoms with Crippen molar-refractivity contribution in [3.8, 4) is 0 Å². The van der Waals surface area contributed by atoms with Gasteiger partial charge in [-0.25, -0.2) is 4.68 Å². The zero-order valence-corrected chi connectivity index (χ0v) is 18.8. The number of fused-ring (bicyclic) bond motifs is 2. The van der Waals surface area contributed by atoms with Gasteiger partial charge in [-0.3, -0.25) is 4.79 Å². The van der Waals surface area contributed by atoms with Crippen LogP contribution in [0, 0.1) is 0 Å². The lowest BCUT2D eigenvalue weighted by Gasteiger charge is -2.33. The minimum absolute atomic E-state index is 0.0294. The smallest absolute Gasteiger partial charge is 0.363 e. The van der Waals surface area contributed by atoms with E-state index in [2.05, 4.69) is 10.4 Å². The van der Waals surface area contributed by atoms with E-state index in [1.165, 1.54) is 6.07 Å². The van der Waals surface area contributed by atoms with Crippen molar-refractivity contribution in [3.63, 3.8) is 0 Å². The summed E-state index contributed by atoms with van der Waals surface area (Å²) in [5.41, 5.74) is 2.35. The van der Waals surface area contributed by atoms with Crippen molar-refractivity contribution in [3.05, 3.63) is 75.4 Å². The third-order valence-electron chi connectivity index (χ3n) is 6.11. The molecule has 1 amide bonds. The normalized spacial score (nSPS) is 20.1. The number of benzene rings is 2. The monoisotopic (exact) mass is 494 g/mol. The van der Waals surface area contributed by atoms with E-state index in [1.54, 1.807) is 23.1 Å².